The van der Waals surface area contributed by atoms with Crippen molar-refractivity contribution in [2.45, 2.75) is 6.61 Å². The highest BCUT2D eigenvalue weighted by Gasteiger charge is 2.32. The fourth-order valence-electron chi connectivity index (χ4n) is 3.35. The van der Waals surface area contributed by atoms with Crippen molar-refractivity contribution in [2.24, 2.45) is 4.99 Å². The van der Waals surface area contributed by atoms with Gasteiger partial charge in [-0.05, 0) is 48.5 Å². The normalized spacial score (nSPS) is 14.2. The van der Waals surface area contributed by atoms with Gasteiger partial charge in [-0.15, -0.1) is 0 Å². The lowest BCUT2D eigenvalue weighted by Gasteiger charge is -2.18. The number of nitrogens with zero attached hydrogens (tertiary/aromatic N) is 2. The third kappa shape index (κ3) is 6.28. The van der Waals surface area contributed by atoms with Gasteiger partial charge in [-0.1, -0.05) is 11.8 Å². The van der Waals surface area contributed by atoms with Crippen LogP contribution in [0.1, 0.15) is 5.76 Å². The molecular weight excluding hydrogens is 508 g/mol. The summed E-state index contributed by atoms with van der Waals surface area (Å²) in [6, 6.07) is 13.8. The standard InChI is InChI=1S/C25H21F2N3O6S/c1-33-20-10-5-15(12-21(20)34-2)28-22(31)14-37-25-29-19(13-18-4-3-11-35-18)23(32)30(25)16-6-8-17(9-7-16)36-24(26)27/h3-13,24H,14H2,1-2H3,(H,28,31)/b19-13-. The number of alkyl halides is 2. The Labute approximate surface area is 214 Å². The van der Waals surface area contributed by atoms with Gasteiger partial charge in [-0.25, -0.2) is 4.99 Å². The number of methoxy groups -OCH3 is 2. The summed E-state index contributed by atoms with van der Waals surface area (Å²) >= 11 is 1.03. The minimum atomic E-state index is -2.97. The number of ether oxygens (including phenoxy) is 3. The summed E-state index contributed by atoms with van der Waals surface area (Å²) in [5.41, 5.74) is 0.948. The molecule has 0 saturated heterocycles. The second-order valence-electron chi connectivity index (χ2n) is 7.36. The molecule has 3 aromatic rings. The van der Waals surface area contributed by atoms with Crippen molar-refractivity contribution in [1.29, 1.82) is 0 Å². The van der Waals surface area contributed by atoms with Gasteiger partial charge >= 0.3 is 6.61 Å². The highest BCUT2D eigenvalue weighted by molar-refractivity contribution is 8.14. The summed E-state index contributed by atoms with van der Waals surface area (Å²) in [6.07, 6.45) is 2.93. The van der Waals surface area contributed by atoms with Gasteiger partial charge in [-0.3, -0.25) is 14.5 Å². The molecule has 9 nitrogen and oxygen atoms in total. The van der Waals surface area contributed by atoms with E-state index in [9.17, 15) is 18.4 Å². The van der Waals surface area contributed by atoms with Crippen LogP contribution in [0, 0.1) is 0 Å². The molecule has 0 spiro atoms. The zero-order valence-corrected chi connectivity index (χ0v) is 20.5. The first-order chi connectivity index (χ1) is 17.9. The molecule has 1 aliphatic rings. The quantitative estimate of drug-likeness (QED) is 0.389. The SMILES string of the molecule is COc1ccc(NC(=O)CSC2=N/C(=C\c3ccco3)C(=O)N2c2ccc(OC(F)F)cc2)cc1OC. The average molecular weight is 530 g/mol. The van der Waals surface area contributed by atoms with Crippen LogP contribution in [0.15, 0.2) is 76.0 Å². The van der Waals surface area contributed by atoms with Crippen molar-refractivity contribution in [3.8, 4) is 17.2 Å². The van der Waals surface area contributed by atoms with E-state index < -0.39 is 12.5 Å². The lowest BCUT2D eigenvalue weighted by molar-refractivity contribution is -0.114. The number of anilines is 2. The number of amidine groups is 1. The molecule has 0 saturated carbocycles. The average Bonchev–Trinajstić information content (AvgIpc) is 3.51. The summed E-state index contributed by atoms with van der Waals surface area (Å²) in [5.74, 6) is 0.444. The molecule has 2 amide bonds. The van der Waals surface area contributed by atoms with E-state index in [1.54, 1.807) is 30.3 Å². The number of carbonyl (C=O) groups excluding carboxylic acids is 2. The van der Waals surface area contributed by atoms with E-state index in [-0.39, 0.29) is 28.3 Å². The molecular formula is C25H21F2N3O6S. The smallest absolute Gasteiger partial charge is 0.387 e. The third-order valence-corrected chi connectivity index (χ3v) is 5.91. The third-order valence-electron chi connectivity index (χ3n) is 4.97. The number of benzene rings is 2. The van der Waals surface area contributed by atoms with Crippen molar-refractivity contribution in [1.82, 2.24) is 0 Å². The van der Waals surface area contributed by atoms with Gasteiger partial charge in [0, 0.05) is 17.8 Å². The van der Waals surface area contributed by atoms with Crippen LogP contribution in [0.4, 0.5) is 20.2 Å². The second-order valence-corrected chi connectivity index (χ2v) is 8.30. The van der Waals surface area contributed by atoms with E-state index in [1.807, 2.05) is 0 Å². The van der Waals surface area contributed by atoms with Gasteiger partial charge < -0.3 is 23.9 Å². The number of hydrogen-bond donors (Lipinski definition) is 1. The van der Waals surface area contributed by atoms with E-state index in [1.165, 1.54) is 55.7 Å². The summed E-state index contributed by atoms with van der Waals surface area (Å²) < 4.78 is 45.1. The number of furan rings is 1. The van der Waals surface area contributed by atoms with E-state index in [0.717, 1.165) is 11.8 Å². The Morgan fingerprint density at radius 2 is 1.89 bits per heavy atom. The van der Waals surface area contributed by atoms with Crippen LogP contribution in [0.5, 0.6) is 17.2 Å². The van der Waals surface area contributed by atoms with Crippen LogP contribution in [-0.4, -0.2) is 43.6 Å². The Hall–Kier alpha value is -4.32. The van der Waals surface area contributed by atoms with Crippen LogP contribution in [-0.2, 0) is 9.59 Å². The van der Waals surface area contributed by atoms with E-state index in [2.05, 4.69) is 15.0 Å². The monoisotopic (exact) mass is 529 g/mol. The second kappa shape index (κ2) is 11.6. The lowest BCUT2D eigenvalue weighted by Crippen LogP contribution is -2.31. The van der Waals surface area contributed by atoms with Gasteiger partial charge in [0.1, 0.15) is 17.2 Å². The number of carbonyl (C=O) groups is 2. The predicted octanol–water partition coefficient (Wildman–Crippen LogP) is 5.01. The topological polar surface area (TPSA) is 103 Å². The molecule has 37 heavy (non-hydrogen) atoms. The predicted molar refractivity (Wildman–Crippen MR) is 135 cm³/mol. The number of nitrogens with one attached hydrogen (secondary N) is 1. The maximum atomic E-state index is 13.2. The molecule has 2 heterocycles. The Bertz CT molecular complexity index is 1330. The number of thioether (sulfide) groups is 1. The fraction of sp³-hybridized carbons (Fsp3) is 0.160. The molecule has 0 unspecified atom stereocenters. The zero-order chi connectivity index (χ0) is 26.4. The summed E-state index contributed by atoms with van der Waals surface area (Å²) in [4.78, 5) is 31.5. The zero-order valence-electron chi connectivity index (χ0n) is 19.6. The van der Waals surface area contributed by atoms with Crippen molar-refractivity contribution in [3.63, 3.8) is 0 Å². The highest BCUT2D eigenvalue weighted by Crippen LogP contribution is 2.32. The lowest BCUT2D eigenvalue weighted by atomic mass is 10.2. The highest BCUT2D eigenvalue weighted by atomic mass is 32.2. The summed E-state index contributed by atoms with van der Waals surface area (Å²) in [6.45, 7) is -2.97. The van der Waals surface area contributed by atoms with Crippen molar-refractivity contribution >= 4 is 46.2 Å². The van der Waals surface area contributed by atoms with Crippen LogP contribution < -0.4 is 24.4 Å². The van der Waals surface area contributed by atoms with E-state index >= 15 is 0 Å². The number of halogens is 2. The maximum absolute atomic E-state index is 13.2. The molecule has 1 aliphatic heterocycles. The first-order valence-electron chi connectivity index (χ1n) is 10.8. The molecule has 1 aromatic heterocycles. The number of rotatable bonds is 9. The molecule has 1 N–H and O–H groups in total. The van der Waals surface area contributed by atoms with Gasteiger partial charge in [-0.2, -0.15) is 8.78 Å². The maximum Gasteiger partial charge on any atom is 0.387 e. The minimum Gasteiger partial charge on any atom is -0.493 e. The first kappa shape index (κ1) is 25.8. The molecule has 2 aromatic carbocycles. The van der Waals surface area contributed by atoms with E-state index in [4.69, 9.17) is 13.9 Å². The molecule has 4 rings (SSSR count). The Morgan fingerprint density at radius 3 is 2.54 bits per heavy atom. The Balaban J connectivity index is 1.52. The first-order valence-corrected chi connectivity index (χ1v) is 11.7. The molecule has 0 fully saturated rings. The minimum absolute atomic E-state index is 0.0582. The molecule has 0 aliphatic carbocycles. The van der Waals surface area contributed by atoms with Crippen LogP contribution in [0.2, 0.25) is 0 Å². The number of hydrogen-bond acceptors (Lipinski definition) is 8. The van der Waals surface area contributed by atoms with Crippen molar-refractivity contribution in [3.05, 3.63) is 72.3 Å². The molecule has 0 radical (unpaired) electrons. The molecule has 0 atom stereocenters. The van der Waals surface area contributed by atoms with Crippen molar-refractivity contribution < 1.29 is 37.0 Å². The Kier molecular flexibility index (Phi) is 8.08. The van der Waals surface area contributed by atoms with Crippen LogP contribution in [0.25, 0.3) is 6.08 Å². The van der Waals surface area contributed by atoms with Gasteiger partial charge in [0.25, 0.3) is 5.91 Å². The van der Waals surface area contributed by atoms with Gasteiger partial charge in [0.2, 0.25) is 5.91 Å². The molecule has 12 heteroatoms. The van der Waals surface area contributed by atoms with Crippen molar-refractivity contribution in [2.75, 3.05) is 30.2 Å². The number of aliphatic imine (C=N–C) groups is 1. The summed E-state index contributed by atoms with van der Waals surface area (Å²) in [7, 11) is 3.00. The summed E-state index contributed by atoms with van der Waals surface area (Å²) in [5, 5.41) is 2.99. The van der Waals surface area contributed by atoms with Gasteiger partial charge in [0.15, 0.2) is 16.7 Å². The van der Waals surface area contributed by atoms with Crippen LogP contribution >= 0.6 is 11.8 Å². The van der Waals surface area contributed by atoms with Crippen LogP contribution in [0.3, 0.4) is 0 Å². The molecule has 192 valence electrons. The Morgan fingerprint density at radius 1 is 1.14 bits per heavy atom. The van der Waals surface area contributed by atoms with Gasteiger partial charge in [0.05, 0.1) is 31.9 Å². The van der Waals surface area contributed by atoms with E-state index in [0.29, 0.717) is 28.6 Å². The fourth-order valence-corrected chi connectivity index (χ4v) is 4.16. The molecule has 0 bridgehead atoms. The number of amides is 2. The largest absolute Gasteiger partial charge is 0.493 e.